The summed E-state index contributed by atoms with van der Waals surface area (Å²) in [6.07, 6.45) is -0.191. The predicted molar refractivity (Wildman–Crippen MR) is 92.9 cm³/mol. The molecule has 0 aliphatic carbocycles. The molecule has 1 unspecified atom stereocenters. The zero-order chi connectivity index (χ0) is 18.4. The number of ether oxygens (including phenoxy) is 2. The first-order valence-corrected chi connectivity index (χ1v) is 8.35. The van der Waals surface area contributed by atoms with Gasteiger partial charge >= 0.3 is 5.97 Å². The Morgan fingerprint density at radius 2 is 2.12 bits per heavy atom. The fraction of sp³-hybridized carbons (Fsp3) is 0.556. The first kappa shape index (κ1) is 19.2. The van der Waals surface area contributed by atoms with Crippen LogP contribution in [0.25, 0.3) is 0 Å². The highest BCUT2D eigenvalue weighted by molar-refractivity contribution is 5.78. The molecule has 1 aliphatic heterocycles. The van der Waals surface area contributed by atoms with Crippen molar-refractivity contribution < 1.29 is 24.2 Å². The van der Waals surface area contributed by atoms with Crippen LogP contribution in [0.1, 0.15) is 11.1 Å². The molecule has 1 heterocycles. The minimum Gasteiger partial charge on any atom is -0.484 e. The Morgan fingerprint density at radius 3 is 2.80 bits per heavy atom. The van der Waals surface area contributed by atoms with Crippen LogP contribution in [-0.2, 0) is 14.3 Å². The van der Waals surface area contributed by atoms with Crippen LogP contribution < -0.4 is 4.74 Å². The van der Waals surface area contributed by atoms with E-state index in [-0.39, 0.29) is 25.2 Å². The zero-order valence-electron chi connectivity index (χ0n) is 15.0. The number of morpholine rings is 1. The Morgan fingerprint density at radius 1 is 1.36 bits per heavy atom. The molecular formula is C18H26N2O5. The number of hydrogen-bond acceptors (Lipinski definition) is 5. The van der Waals surface area contributed by atoms with Crippen LogP contribution in [0.15, 0.2) is 18.2 Å². The molecule has 25 heavy (non-hydrogen) atoms. The lowest BCUT2D eigenvalue weighted by Crippen LogP contribution is -2.50. The Bertz CT molecular complexity index is 619. The van der Waals surface area contributed by atoms with Crippen molar-refractivity contribution in [1.29, 1.82) is 0 Å². The summed E-state index contributed by atoms with van der Waals surface area (Å²) in [6.45, 7) is 5.84. The van der Waals surface area contributed by atoms with E-state index in [1.54, 1.807) is 16.8 Å². The average Bonchev–Trinajstić information content (AvgIpc) is 2.55. The molecule has 1 saturated heterocycles. The van der Waals surface area contributed by atoms with Gasteiger partial charge in [-0.05, 0) is 44.2 Å². The lowest BCUT2D eigenvalue weighted by atomic mass is 10.1. The van der Waals surface area contributed by atoms with Crippen LogP contribution in [0.5, 0.6) is 5.75 Å². The molecule has 2 rings (SSSR count). The maximum atomic E-state index is 12.4. The van der Waals surface area contributed by atoms with E-state index in [2.05, 4.69) is 0 Å². The smallest absolute Gasteiger partial charge is 0.317 e. The van der Waals surface area contributed by atoms with Gasteiger partial charge in [-0.15, -0.1) is 0 Å². The standard InChI is InChI=1S/C18H26N2O5/c1-13-4-5-15(8-14(13)2)25-12-17(21)20-6-7-24-16(10-20)9-19(3)11-18(22)23/h4-5,8,16H,6-7,9-12H2,1-3H3,(H,22,23). The molecule has 1 aliphatic rings. The number of carboxylic acid groups (broad SMARTS) is 1. The number of likely N-dealkylation sites (N-methyl/N-ethyl adjacent to an activating group) is 1. The first-order valence-electron chi connectivity index (χ1n) is 8.35. The van der Waals surface area contributed by atoms with E-state index in [1.165, 1.54) is 5.56 Å². The average molecular weight is 350 g/mol. The Kier molecular flexibility index (Phi) is 6.78. The largest absolute Gasteiger partial charge is 0.484 e. The monoisotopic (exact) mass is 350 g/mol. The summed E-state index contributed by atoms with van der Waals surface area (Å²) in [5.74, 6) is -0.289. The number of aryl methyl sites for hydroxylation is 2. The molecule has 7 nitrogen and oxygen atoms in total. The summed E-state index contributed by atoms with van der Waals surface area (Å²) in [5, 5.41) is 8.80. The second-order valence-corrected chi connectivity index (χ2v) is 6.46. The third-order valence-electron chi connectivity index (χ3n) is 4.25. The highest BCUT2D eigenvalue weighted by Crippen LogP contribution is 2.16. The summed E-state index contributed by atoms with van der Waals surface area (Å²) in [6, 6.07) is 5.75. The molecule has 1 aromatic rings. The lowest BCUT2D eigenvalue weighted by Gasteiger charge is -2.34. The molecule has 0 spiro atoms. The van der Waals surface area contributed by atoms with Crippen LogP contribution in [-0.4, -0.2) is 79.3 Å². The number of benzene rings is 1. The third kappa shape index (κ3) is 6.03. The number of hydrogen-bond donors (Lipinski definition) is 1. The van der Waals surface area contributed by atoms with Crippen molar-refractivity contribution in [2.75, 3.05) is 46.4 Å². The van der Waals surface area contributed by atoms with Gasteiger partial charge in [0.25, 0.3) is 5.91 Å². The highest BCUT2D eigenvalue weighted by Gasteiger charge is 2.25. The molecule has 0 radical (unpaired) electrons. The molecule has 1 atom stereocenters. The van der Waals surface area contributed by atoms with Crippen LogP contribution >= 0.6 is 0 Å². The summed E-state index contributed by atoms with van der Waals surface area (Å²) in [4.78, 5) is 26.5. The first-order chi connectivity index (χ1) is 11.8. The van der Waals surface area contributed by atoms with Gasteiger partial charge in [0.1, 0.15) is 5.75 Å². The second kappa shape index (κ2) is 8.82. The topological polar surface area (TPSA) is 79.3 Å². The van der Waals surface area contributed by atoms with E-state index in [0.29, 0.717) is 32.0 Å². The van der Waals surface area contributed by atoms with Crippen molar-refractivity contribution in [3.63, 3.8) is 0 Å². The van der Waals surface area contributed by atoms with E-state index in [9.17, 15) is 9.59 Å². The fourth-order valence-corrected chi connectivity index (χ4v) is 2.74. The normalized spacial score (nSPS) is 17.6. The van der Waals surface area contributed by atoms with Crippen molar-refractivity contribution in [1.82, 2.24) is 9.80 Å². The molecule has 0 bridgehead atoms. The van der Waals surface area contributed by atoms with E-state index in [1.807, 2.05) is 32.0 Å². The van der Waals surface area contributed by atoms with Crippen molar-refractivity contribution in [2.24, 2.45) is 0 Å². The van der Waals surface area contributed by atoms with Crippen molar-refractivity contribution in [3.8, 4) is 5.75 Å². The Balaban J connectivity index is 1.82. The van der Waals surface area contributed by atoms with Crippen LogP contribution in [0.3, 0.4) is 0 Å². The van der Waals surface area contributed by atoms with E-state index >= 15 is 0 Å². The number of nitrogens with zero attached hydrogens (tertiary/aromatic N) is 2. The summed E-state index contributed by atoms with van der Waals surface area (Å²) < 4.78 is 11.2. The minimum atomic E-state index is -0.881. The van der Waals surface area contributed by atoms with Gasteiger partial charge in [0.2, 0.25) is 0 Å². The predicted octanol–water partition coefficient (Wildman–Crippen LogP) is 0.926. The van der Waals surface area contributed by atoms with Gasteiger partial charge in [-0.2, -0.15) is 0 Å². The summed E-state index contributed by atoms with van der Waals surface area (Å²) in [7, 11) is 1.72. The van der Waals surface area contributed by atoms with Gasteiger partial charge in [0, 0.05) is 19.6 Å². The zero-order valence-corrected chi connectivity index (χ0v) is 15.0. The summed E-state index contributed by atoms with van der Waals surface area (Å²) in [5.41, 5.74) is 2.30. The van der Waals surface area contributed by atoms with E-state index in [4.69, 9.17) is 14.6 Å². The van der Waals surface area contributed by atoms with Crippen molar-refractivity contribution >= 4 is 11.9 Å². The molecular weight excluding hydrogens is 324 g/mol. The highest BCUT2D eigenvalue weighted by atomic mass is 16.5. The van der Waals surface area contributed by atoms with Crippen LogP contribution in [0.2, 0.25) is 0 Å². The SMILES string of the molecule is Cc1ccc(OCC(=O)N2CCOC(CN(C)CC(=O)O)C2)cc1C. The molecule has 138 valence electrons. The van der Waals surface area contributed by atoms with Crippen molar-refractivity contribution in [3.05, 3.63) is 29.3 Å². The van der Waals surface area contributed by atoms with E-state index < -0.39 is 5.97 Å². The fourth-order valence-electron chi connectivity index (χ4n) is 2.74. The third-order valence-corrected chi connectivity index (χ3v) is 4.25. The Hall–Kier alpha value is -2.12. The number of aliphatic carboxylic acids is 1. The van der Waals surface area contributed by atoms with Gasteiger partial charge in [-0.1, -0.05) is 6.07 Å². The Labute approximate surface area is 148 Å². The number of amides is 1. The minimum absolute atomic E-state index is 0.0137. The molecule has 7 heteroatoms. The van der Waals surface area contributed by atoms with Gasteiger partial charge in [-0.25, -0.2) is 0 Å². The van der Waals surface area contributed by atoms with Gasteiger partial charge in [-0.3, -0.25) is 14.5 Å². The summed E-state index contributed by atoms with van der Waals surface area (Å²) >= 11 is 0. The number of carboxylic acids is 1. The molecule has 1 amide bonds. The maximum absolute atomic E-state index is 12.4. The molecule has 1 N–H and O–H groups in total. The number of carbonyl (C=O) groups excluding carboxylic acids is 1. The number of rotatable bonds is 7. The molecule has 1 aromatic carbocycles. The molecule has 0 saturated carbocycles. The van der Waals surface area contributed by atoms with Crippen LogP contribution in [0, 0.1) is 13.8 Å². The van der Waals surface area contributed by atoms with Crippen LogP contribution in [0.4, 0.5) is 0 Å². The number of carbonyl (C=O) groups is 2. The molecule has 0 aromatic heterocycles. The second-order valence-electron chi connectivity index (χ2n) is 6.46. The van der Waals surface area contributed by atoms with Crippen molar-refractivity contribution in [2.45, 2.75) is 20.0 Å². The molecule has 1 fully saturated rings. The van der Waals surface area contributed by atoms with Gasteiger partial charge in [0.15, 0.2) is 6.61 Å². The lowest BCUT2D eigenvalue weighted by molar-refractivity contribution is -0.143. The van der Waals surface area contributed by atoms with E-state index in [0.717, 1.165) is 5.56 Å². The quantitative estimate of drug-likeness (QED) is 0.788. The van der Waals surface area contributed by atoms with Gasteiger partial charge < -0.3 is 19.5 Å². The maximum Gasteiger partial charge on any atom is 0.317 e. The van der Waals surface area contributed by atoms with Gasteiger partial charge in [0.05, 0.1) is 19.3 Å².